The van der Waals surface area contributed by atoms with E-state index in [9.17, 15) is 0 Å². The van der Waals surface area contributed by atoms with Gasteiger partial charge in [0.15, 0.2) is 0 Å². The van der Waals surface area contributed by atoms with E-state index in [0.29, 0.717) is 5.46 Å². The van der Waals surface area contributed by atoms with Gasteiger partial charge in [-0.25, -0.2) is 0 Å². The van der Waals surface area contributed by atoms with Crippen molar-refractivity contribution in [2.45, 2.75) is 4.90 Å². The van der Waals surface area contributed by atoms with Crippen LogP contribution in [0.4, 0.5) is 0 Å². The van der Waals surface area contributed by atoms with Crippen molar-refractivity contribution in [2.24, 2.45) is 0 Å². The molecule has 0 aliphatic heterocycles. The molecule has 1 heterocycles. The molecule has 58 valence electrons. The van der Waals surface area contributed by atoms with Crippen molar-refractivity contribution < 1.29 is 10.0 Å². The van der Waals surface area contributed by atoms with Crippen molar-refractivity contribution in [3.05, 3.63) is 18.5 Å². The first-order chi connectivity index (χ1) is 5.25. The molecule has 0 radical (unpaired) electrons. The Hall–Kier alpha value is -0.515. The lowest BCUT2D eigenvalue weighted by molar-refractivity contribution is 0.424. The van der Waals surface area contributed by atoms with Crippen molar-refractivity contribution in [2.75, 3.05) is 6.26 Å². The van der Waals surface area contributed by atoms with Crippen LogP contribution in [0.15, 0.2) is 23.4 Å². The Kier molecular flexibility index (Phi) is 2.93. The fourth-order valence-corrected chi connectivity index (χ4v) is 1.36. The molecule has 0 amide bonds. The van der Waals surface area contributed by atoms with Crippen molar-refractivity contribution >= 4 is 24.3 Å². The zero-order valence-electron chi connectivity index (χ0n) is 6.06. The van der Waals surface area contributed by atoms with Crippen LogP contribution in [-0.4, -0.2) is 28.4 Å². The summed E-state index contributed by atoms with van der Waals surface area (Å²) >= 11 is 1.46. The van der Waals surface area contributed by atoms with E-state index in [1.165, 1.54) is 18.0 Å². The second-order valence-electron chi connectivity index (χ2n) is 1.99. The van der Waals surface area contributed by atoms with Crippen LogP contribution >= 0.6 is 11.8 Å². The van der Waals surface area contributed by atoms with Crippen molar-refractivity contribution in [1.29, 1.82) is 0 Å². The van der Waals surface area contributed by atoms with Gasteiger partial charge >= 0.3 is 7.12 Å². The Balaban J connectivity index is 3.02. The molecule has 0 bridgehead atoms. The molecule has 0 spiro atoms. The van der Waals surface area contributed by atoms with Gasteiger partial charge in [0.1, 0.15) is 0 Å². The molecular weight excluding hydrogens is 161 g/mol. The minimum atomic E-state index is -1.42. The Labute approximate surface area is 69.6 Å². The minimum absolute atomic E-state index is 0.458. The van der Waals surface area contributed by atoms with Gasteiger partial charge in [-0.1, -0.05) is 0 Å². The maximum Gasteiger partial charge on any atom is 0.491 e. The van der Waals surface area contributed by atoms with Gasteiger partial charge < -0.3 is 10.0 Å². The molecule has 0 aliphatic rings. The monoisotopic (exact) mass is 169 g/mol. The van der Waals surface area contributed by atoms with Crippen LogP contribution < -0.4 is 5.46 Å². The van der Waals surface area contributed by atoms with Crippen molar-refractivity contribution in [1.82, 2.24) is 4.98 Å². The maximum absolute atomic E-state index is 8.84. The number of rotatable bonds is 2. The number of hydrogen-bond donors (Lipinski definition) is 2. The lowest BCUT2D eigenvalue weighted by Gasteiger charge is -2.03. The topological polar surface area (TPSA) is 53.4 Å². The average Bonchev–Trinajstić information content (AvgIpc) is 2.04. The highest BCUT2D eigenvalue weighted by Crippen LogP contribution is 2.09. The van der Waals surface area contributed by atoms with Gasteiger partial charge in [-0.2, -0.15) is 0 Å². The fraction of sp³-hybridized carbons (Fsp3) is 0.167. The van der Waals surface area contributed by atoms with Crippen molar-refractivity contribution in [3.63, 3.8) is 0 Å². The highest BCUT2D eigenvalue weighted by atomic mass is 32.2. The molecule has 5 heteroatoms. The van der Waals surface area contributed by atoms with Crippen LogP contribution in [0, 0.1) is 0 Å². The average molecular weight is 169 g/mol. The molecule has 1 aromatic heterocycles. The van der Waals surface area contributed by atoms with Gasteiger partial charge in [0.05, 0.1) is 0 Å². The largest absolute Gasteiger partial charge is 0.491 e. The zero-order chi connectivity index (χ0) is 8.27. The SMILES string of the molecule is CSc1ccncc1B(O)O. The molecule has 1 aromatic rings. The quantitative estimate of drug-likeness (QED) is 0.462. The van der Waals surface area contributed by atoms with E-state index >= 15 is 0 Å². The predicted octanol–water partition coefficient (Wildman–Crippen LogP) is -0.517. The predicted molar refractivity (Wildman–Crippen MR) is 45.8 cm³/mol. The maximum atomic E-state index is 8.84. The van der Waals surface area contributed by atoms with Gasteiger partial charge in [0.25, 0.3) is 0 Å². The summed E-state index contributed by atoms with van der Waals surface area (Å²) in [7, 11) is -1.42. The van der Waals surface area contributed by atoms with Crippen LogP contribution in [0.3, 0.4) is 0 Å². The molecule has 0 saturated carbocycles. The summed E-state index contributed by atoms with van der Waals surface area (Å²) in [4.78, 5) is 4.62. The highest BCUT2D eigenvalue weighted by molar-refractivity contribution is 7.98. The van der Waals surface area contributed by atoms with Gasteiger partial charge in [-0.3, -0.25) is 4.98 Å². The number of hydrogen-bond acceptors (Lipinski definition) is 4. The van der Waals surface area contributed by atoms with Gasteiger partial charge in [0.2, 0.25) is 0 Å². The summed E-state index contributed by atoms with van der Waals surface area (Å²) in [6.07, 6.45) is 4.95. The first kappa shape index (κ1) is 8.58. The van der Waals surface area contributed by atoms with Crippen LogP contribution in [0.2, 0.25) is 0 Å². The molecule has 0 atom stereocenters. The van der Waals surface area contributed by atoms with Gasteiger partial charge in [-0.15, -0.1) is 11.8 Å². The Morgan fingerprint density at radius 3 is 2.73 bits per heavy atom. The molecule has 3 nitrogen and oxygen atoms in total. The van der Waals surface area contributed by atoms with Gasteiger partial charge in [0, 0.05) is 22.8 Å². The number of nitrogens with zero attached hydrogens (tertiary/aromatic N) is 1. The first-order valence-electron chi connectivity index (χ1n) is 3.09. The summed E-state index contributed by atoms with van der Waals surface area (Å²) in [5.74, 6) is 0. The van der Waals surface area contributed by atoms with Gasteiger partial charge in [-0.05, 0) is 12.3 Å². The van der Waals surface area contributed by atoms with E-state index in [1.807, 2.05) is 6.26 Å². The number of thioether (sulfide) groups is 1. The summed E-state index contributed by atoms with van der Waals surface area (Å²) in [6, 6.07) is 1.75. The third-order valence-corrected chi connectivity index (χ3v) is 2.12. The molecule has 0 saturated heterocycles. The summed E-state index contributed by atoms with van der Waals surface area (Å²) in [6.45, 7) is 0. The molecular formula is C6H8BNO2S. The molecule has 2 N–H and O–H groups in total. The second kappa shape index (κ2) is 3.76. The third kappa shape index (κ3) is 1.96. The van der Waals surface area contributed by atoms with E-state index < -0.39 is 7.12 Å². The Morgan fingerprint density at radius 1 is 1.55 bits per heavy atom. The summed E-state index contributed by atoms with van der Waals surface area (Å²) in [5, 5.41) is 17.7. The lowest BCUT2D eigenvalue weighted by Crippen LogP contribution is -2.31. The van der Waals surface area contributed by atoms with E-state index in [1.54, 1.807) is 12.3 Å². The van der Waals surface area contributed by atoms with Crippen molar-refractivity contribution in [3.8, 4) is 0 Å². The van der Waals surface area contributed by atoms with E-state index in [0.717, 1.165) is 4.90 Å². The normalized spacial score (nSPS) is 9.73. The minimum Gasteiger partial charge on any atom is -0.423 e. The number of aromatic nitrogens is 1. The van der Waals surface area contributed by atoms with Crippen LogP contribution in [0.5, 0.6) is 0 Å². The molecule has 0 aliphatic carbocycles. The first-order valence-corrected chi connectivity index (χ1v) is 4.32. The lowest BCUT2D eigenvalue weighted by atomic mass is 9.82. The van der Waals surface area contributed by atoms with Crippen LogP contribution in [0.1, 0.15) is 0 Å². The summed E-state index contributed by atoms with van der Waals surface area (Å²) in [5.41, 5.74) is 0.458. The zero-order valence-corrected chi connectivity index (χ0v) is 6.88. The third-order valence-electron chi connectivity index (χ3n) is 1.31. The highest BCUT2D eigenvalue weighted by Gasteiger charge is 2.14. The molecule has 11 heavy (non-hydrogen) atoms. The van der Waals surface area contributed by atoms with Crippen LogP contribution in [-0.2, 0) is 0 Å². The summed E-state index contributed by atoms with van der Waals surface area (Å²) < 4.78 is 0. The second-order valence-corrected chi connectivity index (χ2v) is 2.84. The van der Waals surface area contributed by atoms with E-state index in [-0.39, 0.29) is 0 Å². The molecule has 0 unspecified atom stereocenters. The molecule has 1 rings (SSSR count). The molecule has 0 aromatic carbocycles. The Bertz CT molecular complexity index is 244. The number of pyridine rings is 1. The smallest absolute Gasteiger partial charge is 0.423 e. The van der Waals surface area contributed by atoms with Crippen LogP contribution in [0.25, 0.3) is 0 Å². The fourth-order valence-electron chi connectivity index (χ4n) is 0.774. The standard InChI is InChI=1S/C6H8BNO2S/c1-11-6-2-3-8-4-5(6)7(9)10/h2-4,9-10H,1H3. The van der Waals surface area contributed by atoms with E-state index in [2.05, 4.69) is 4.98 Å². The van der Waals surface area contributed by atoms with E-state index in [4.69, 9.17) is 10.0 Å². The Morgan fingerprint density at radius 2 is 2.27 bits per heavy atom. The molecule has 0 fully saturated rings.